The first-order valence-corrected chi connectivity index (χ1v) is 11.2. The van der Waals surface area contributed by atoms with Gasteiger partial charge in [-0.2, -0.15) is 0 Å². The van der Waals surface area contributed by atoms with Crippen LogP contribution in [0.2, 0.25) is 5.02 Å². The molecule has 1 spiro atoms. The van der Waals surface area contributed by atoms with Crippen LogP contribution in [0.3, 0.4) is 0 Å². The van der Waals surface area contributed by atoms with E-state index in [4.69, 9.17) is 26.3 Å². The first kappa shape index (κ1) is 19.3. The van der Waals surface area contributed by atoms with E-state index in [0.717, 1.165) is 46.0 Å². The molecule has 0 N–H and O–H groups in total. The van der Waals surface area contributed by atoms with Crippen molar-refractivity contribution in [1.29, 1.82) is 0 Å². The van der Waals surface area contributed by atoms with Crippen LogP contribution in [0.5, 0.6) is 5.75 Å². The minimum Gasteiger partial charge on any atom is -0.497 e. The standard InChI is InChI=1S/C22H24ClN3OS/c1-27-19-12-10-18(11-13-19)26-21(28-2)25-20(22(26)14-4-3-5-15-22)24-17-8-6-16(23)7-9-17/h6-13H,3-5,14-15H2,1-2H3. The fourth-order valence-corrected chi connectivity index (χ4v) is 4.87. The van der Waals surface area contributed by atoms with Gasteiger partial charge in [0.15, 0.2) is 11.0 Å². The lowest BCUT2D eigenvalue weighted by molar-refractivity contribution is 0.385. The molecule has 0 atom stereocenters. The molecule has 0 aromatic heterocycles. The lowest BCUT2D eigenvalue weighted by atomic mass is 9.79. The Bertz CT molecular complexity index is 887. The lowest BCUT2D eigenvalue weighted by Gasteiger charge is -2.42. The van der Waals surface area contributed by atoms with Gasteiger partial charge in [0.1, 0.15) is 11.3 Å². The highest BCUT2D eigenvalue weighted by Gasteiger charge is 2.49. The van der Waals surface area contributed by atoms with E-state index in [1.165, 1.54) is 19.3 Å². The molecule has 0 radical (unpaired) electrons. The number of hydrogen-bond donors (Lipinski definition) is 0. The summed E-state index contributed by atoms with van der Waals surface area (Å²) in [7, 11) is 1.69. The van der Waals surface area contributed by atoms with Gasteiger partial charge in [-0.1, -0.05) is 42.6 Å². The number of amidine groups is 2. The summed E-state index contributed by atoms with van der Waals surface area (Å²) >= 11 is 7.72. The van der Waals surface area contributed by atoms with Gasteiger partial charge in [0.2, 0.25) is 0 Å². The Morgan fingerprint density at radius 3 is 2.32 bits per heavy atom. The molecule has 28 heavy (non-hydrogen) atoms. The number of anilines is 1. The monoisotopic (exact) mass is 413 g/mol. The van der Waals surface area contributed by atoms with Gasteiger partial charge in [-0.05, 0) is 67.6 Å². The van der Waals surface area contributed by atoms with E-state index >= 15 is 0 Å². The van der Waals surface area contributed by atoms with Gasteiger partial charge < -0.3 is 9.64 Å². The molecule has 2 aromatic carbocycles. The third-order valence-corrected chi connectivity index (χ3v) is 6.38. The first-order valence-electron chi connectivity index (χ1n) is 9.58. The molecule has 4 rings (SSSR count). The number of rotatable bonds is 3. The molecule has 1 fully saturated rings. The zero-order chi connectivity index (χ0) is 19.6. The van der Waals surface area contributed by atoms with Crippen LogP contribution in [-0.2, 0) is 0 Å². The van der Waals surface area contributed by atoms with Crippen molar-refractivity contribution in [3.05, 3.63) is 53.6 Å². The normalized spacial score (nSPS) is 19.9. The number of ether oxygens (including phenoxy) is 1. The zero-order valence-corrected chi connectivity index (χ0v) is 17.8. The summed E-state index contributed by atoms with van der Waals surface area (Å²) in [6.45, 7) is 0. The number of halogens is 1. The number of thioether (sulfide) groups is 1. The van der Waals surface area contributed by atoms with E-state index in [0.29, 0.717) is 0 Å². The lowest BCUT2D eigenvalue weighted by Crippen LogP contribution is -2.52. The van der Waals surface area contributed by atoms with Crippen molar-refractivity contribution in [2.45, 2.75) is 37.6 Å². The van der Waals surface area contributed by atoms with E-state index in [1.54, 1.807) is 18.9 Å². The number of hydrogen-bond acceptors (Lipinski definition) is 4. The minimum absolute atomic E-state index is 0.190. The van der Waals surface area contributed by atoms with Crippen molar-refractivity contribution in [3.63, 3.8) is 0 Å². The highest BCUT2D eigenvalue weighted by molar-refractivity contribution is 8.13. The Balaban J connectivity index is 1.80. The van der Waals surface area contributed by atoms with Gasteiger partial charge in [0, 0.05) is 10.7 Å². The van der Waals surface area contributed by atoms with E-state index in [9.17, 15) is 0 Å². The Hall–Kier alpha value is -1.98. The van der Waals surface area contributed by atoms with Crippen molar-refractivity contribution in [2.75, 3.05) is 18.3 Å². The molecule has 0 saturated heterocycles. The molecular formula is C22H24ClN3OS. The van der Waals surface area contributed by atoms with Crippen molar-refractivity contribution in [3.8, 4) is 5.75 Å². The first-order chi connectivity index (χ1) is 13.7. The zero-order valence-electron chi connectivity index (χ0n) is 16.2. The summed E-state index contributed by atoms with van der Waals surface area (Å²) in [5.74, 6) is 1.77. The van der Waals surface area contributed by atoms with E-state index in [2.05, 4.69) is 23.3 Å². The topological polar surface area (TPSA) is 37.2 Å². The smallest absolute Gasteiger partial charge is 0.170 e. The molecule has 146 valence electrons. The third kappa shape index (κ3) is 3.53. The molecule has 2 aromatic rings. The largest absolute Gasteiger partial charge is 0.497 e. The van der Waals surface area contributed by atoms with E-state index in [-0.39, 0.29) is 5.54 Å². The summed E-state index contributed by atoms with van der Waals surface area (Å²) in [5.41, 5.74) is 1.84. The summed E-state index contributed by atoms with van der Waals surface area (Å²) in [5, 5.41) is 1.72. The Labute approximate surface area is 175 Å². The van der Waals surface area contributed by atoms with Gasteiger partial charge in [-0.25, -0.2) is 9.98 Å². The predicted octanol–water partition coefficient (Wildman–Crippen LogP) is 6.32. The van der Waals surface area contributed by atoms with Crippen LogP contribution in [-0.4, -0.2) is 29.9 Å². The molecule has 0 amide bonds. The van der Waals surface area contributed by atoms with Crippen LogP contribution in [0.25, 0.3) is 0 Å². The maximum absolute atomic E-state index is 6.05. The maximum atomic E-state index is 6.05. The van der Waals surface area contributed by atoms with Gasteiger partial charge in [-0.3, -0.25) is 0 Å². The molecule has 1 aliphatic heterocycles. The average molecular weight is 414 g/mol. The Morgan fingerprint density at radius 1 is 1.04 bits per heavy atom. The SMILES string of the molecule is COc1ccc(N2C(SC)=NC(=Nc3ccc(Cl)cc3)C23CCCCC3)cc1. The molecule has 0 bridgehead atoms. The molecule has 1 aliphatic carbocycles. The number of nitrogens with zero attached hydrogens (tertiary/aromatic N) is 3. The minimum atomic E-state index is -0.190. The Morgan fingerprint density at radius 2 is 1.71 bits per heavy atom. The molecule has 4 nitrogen and oxygen atoms in total. The van der Waals surface area contributed by atoms with Crippen molar-refractivity contribution in [2.24, 2.45) is 9.98 Å². The number of aliphatic imine (C=N–C) groups is 2. The summed E-state index contributed by atoms with van der Waals surface area (Å²) in [6, 6.07) is 15.9. The molecule has 6 heteroatoms. The Kier molecular flexibility index (Phi) is 5.65. The fraction of sp³-hybridized carbons (Fsp3) is 0.364. The number of benzene rings is 2. The summed E-state index contributed by atoms with van der Waals surface area (Å²) in [6.07, 6.45) is 7.82. The van der Waals surface area contributed by atoms with Crippen molar-refractivity contribution >= 4 is 45.7 Å². The molecule has 1 heterocycles. The molecule has 1 saturated carbocycles. The number of methoxy groups -OCH3 is 1. The van der Waals surface area contributed by atoms with Crippen molar-refractivity contribution in [1.82, 2.24) is 0 Å². The second-order valence-corrected chi connectivity index (χ2v) is 8.35. The highest BCUT2D eigenvalue weighted by Crippen LogP contribution is 2.44. The van der Waals surface area contributed by atoms with E-state index in [1.807, 2.05) is 36.4 Å². The molecule has 0 unspecified atom stereocenters. The second kappa shape index (κ2) is 8.18. The van der Waals surface area contributed by atoms with Gasteiger partial charge in [0.25, 0.3) is 0 Å². The summed E-state index contributed by atoms with van der Waals surface area (Å²) < 4.78 is 5.34. The highest BCUT2D eigenvalue weighted by atomic mass is 35.5. The second-order valence-electron chi connectivity index (χ2n) is 7.14. The van der Waals surface area contributed by atoms with Gasteiger partial charge >= 0.3 is 0 Å². The maximum Gasteiger partial charge on any atom is 0.170 e. The van der Waals surface area contributed by atoms with Crippen LogP contribution in [0.15, 0.2) is 58.5 Å². The van der Waals surface area contributed by atoms with Gasteiger partial charge in [-0.15, -0.1) is 0 Å². The van der Waals surface area contributed by atoms with Crippen LogP contribution in [0.4, 0.5) is 11.4 Å². The quantitative estimate of drug-likeness (QED) is 0.590. The summed E-state index contributed by atoms with van der Waals surface area (Å²) in [4.78, 5) is 12.4. The van der Waals surface area contributed by atoms with Crippen LogP contribution >= 0.6 is 23.4 Å². The van der Waals surface area contributed by atoms with Gasteiger partial charge in [0.05, 0.1) is 12.8 Å². The average Bonchev–Trinajstić information content (AvgIpc) is 3.02. The van der Waals surface area contributed by atoms with Crippen molar-refractivity contribution < 1.29 is 4.74 Å². The molecule has 2 aliphatic rings. The third-order valence-electron chi connectivity index (χ3n) is 5.49. The van der Waals surface area contributed by atoms with Crippen LogP contribution in [0, 0.1) is 0 Å². The van der Waals surface area contributed by atoms with Crippen LogP contribution < -0.4 is 9.64 Å². The van der Waals surface area contributed by atoms with E-state index < -0.39 is 0 Å². The van der Waals surface area contributed by atoms with Crippen LogP contribution in [0.1, 0.15) is 32.1 Å². The molecular weight excluding hydrogens is 390 g/mol. The predicted molar refractivity (Wildman–Crippen MR) is 121 cm³/mol. The fourth-order valence-electron chi connectivity index (χ4n) is 4.10.